The number of aryl methyl sites for hydroxylation is 2. The van der Waals surface area contributed by atoms with Gasteiger partial charge in [-0.25, -0.2) is 0 Å². The maximum atomic E-state index is 12.5. The van der Waals surface area contributed by atoms with Crippen LogP contribution in [-0.4, -0.2) is 35.7 Å². The topological polar surface area (TPSA) is 98.0 Å². The Morgan fingerprint density at radius 3 is 2.74 bits per heavy atom. The molecule has 0 bridgehead atoms. The van der Waals surface area contributed by atoms with Crippen LogP contribution >= 0.6 is 0 Å². The lowest BCUT2D eigenvalue weighted by molar-refractivity contribution is -0.138. The van der Waals surface area contributed by atoms with E-state index in [0.717, 1.165) is 16.9 Å². The molecule has 2 aromatic rings. The Morgan fingerprint density at radius 1 is 1.26 bits per heavy atom. The van der Waals surface area contributed by atoms with Gasteiger partial charge in [0.2, 0.25) is 0 Å². The van der Waals surface area contributed by atoms with Crippen LogP contribution in [0.3, 0.4) is 0 Å². The summed E-state index contributed by atoms with van der Waals surface area (Å²) in [7, 11) is 0. The first-order chi connectivity index (χ1) is 12.9. The summed E-state index contributed by atoms with van der Waals surface area (Å²) in [4.78, 5) is 23.6. The van der Waals surface area contributed by atoms with Gasteiger partial charge in [0.15, 0.2) is 5.76 Å². The Hall–Kier alpha value is -2.80. The highest BCUT2D eigenvalue weighted by Crippen LogP contribution is 2.24. The lowest BCUT2D eigenvalue weighted by Gasteiger charge is -2.26. The minimum absolute atomic E-state index is 0.117. The number of carbonyl (C=O) groups excluding carboxylic acids is 1. The van der Waals surface area contributed by atoms with E-state index in [2.05, 4.69) is 5.32 Å². The van der Waals surface area contributed by atoms with Crippen molar-refractivity contribution in [2.45, 2.75) is 38.8 Å². The van der Waals surface area contributed by atoms with Crippen molar-refractivity contribution in [2.75, 3.05) is 13.2 Å². The molecule has 0 aliphatic carbocycles. The van der Waals surface area contributed by atoms with Gasteiger partial charge in [0.25, 0.3) is 5.91 Å². The van der Waals surface area contributed by atoms with E-state index >= 15 is 0 Å². The van der Waals surface area contributed by atoms with Gasteiger partial charge >= 0.3 is 5.97 Å². The van der Waals surface area contributed by atoms with Crippen molar-refractivity contribution in [3.05, 3.63) is 53.0 Å². The Labute approximate surface area is 157 Å². The van der Waals surface area contributed by atoms with Crippen molar-refractivity contribution in [2.24, 2.45) is 0 Å². The summed E-state index contributed by atoms with van der Waals surface area (Å²) in [5.41, 5.74) is 1.28. The molecular weight excluding hydrogens is 350 g/mol. The smallest absolute Gasteiger partial charge is 0.305 e. The molecule has 0 saturated carbocycles. The number of ether oxygens (including phenoxy) is 2. The van der Waals surface area contributed by atoms with Crippen LogP contribution in [0.2, 0.25) is 0 Å². The highest BCUT2D eigenvalue weighted by Gasteiger charge is 2.39. The minimum Gasteiger partial charge on any atom is -0.485 e. The highest BCUT2D eigenvalue weighted by atomic mass is 16.5. The van der Waals surface area contributed by atoms with Gasteiger partial charge in [0.05, 0.1) is 18.6 Å². The molecule has 1 saturated heterocycles. The monoisotopic (exact) mass is 373 g/mol. The molecule has 1 aliphatic heterocycles. The Kier molecular flexibility index (Phi) is 5.51. The summed E-state index contributed by atoms with van der Waals surface area (Å²) in [5, 5.41) is 11.9. The first kappa shape index (κ1) is 19.0. The van der Waals surface area contributed by atoms with E-state index in [1.54, 1.807) is 12.1 Å². The summed E-state index contributed by atoms with van der Waals surface area (Å²) in [6, 6.07) is 9.13. The molecule has 7 nitrogen and oxygen atoms in total. The first-order valence-electron chi connectivity index (χ1n) is 8.78. The summed E-state index contributed by atoms with van der Waals surface area (Å²) >= 11 is 0. The predicted molar refractivity (Wildman–Crippen MR) is 96.8 cm³/mol. The largest absolute Gasteiger partial charge is 0.485 e. The minimum atomic E-state index is -0.984. The molecule has 3 rings (SSSR count). The van der Waals surface area contributed by atoms with Gasteiger partial charge < -0.3 is 24.3 Å². The van der Waals surface area contributed by atoms with Crippen LogP contribution in [0.25, 0.3) is 0 Å². The maximum absolute atomic E-state index is 12.5. The first-order valence-corrected chi connectivity index (χ1v) is 8.78. The van der Waals surface area contributed by atoms with Gasteiger partial charge in [0, 0.05) is 6.61 Å². The van der Waals surface area contributed by atoms with Crippen LogP contribution in [0.4, 0.5) is 0 Å². The second kappa shape index (κ2) is 7.84. The third kappa shape index (κ3) is 4.68. The average molecular weight is 373 g/mol. The molecule has 1 fully saturated rings. The Morgan fingerprint density at radius 2 is 2.07 bits per heavy atom. The van der Waals surface area contributed by atoms with Crippen molar-refractivity contribution in [3.8, 4) is 5.75 Å². The van der Waals surface area contributed by atoms with E-state index in [4.69, 9.17) is 19.0 Å². The van der Waals surface area contributed by atoms with Crippen molar-refractivity contribution >= 4 is 11.9 Å². The molecule has 2 N–H and O–H groups in total. The van der Waals surface area contributed by atoms with E-state index in [0.29, 0.717) is 18.8 Å². The molecule has 1 unspecified atom stereocenters. The van der Waals surface area contributed by atoms with Crippen molar-refractivity contribution in [1.82, 2.24) is 5.32 Å². The van der Waals surface area contributed by atoms with Crippen LogP contribution in [0.1, 0.15) is 40.3 Å². The summed E-state index contributed by atoms with van der Waals surface area (Å²) in [6.45, 7) is 4.77. The normalized spacial score (nSPS) is 19.0. The second-order valence-electron chi connectivity index (χ2n) is 6.93. The van der Waals surface area contributed by atoms with Gasteiger partial charge in [-0.1, -0.05) is 17.7 Å². The number of rotatable bonds is 7. The van der Waals surface area contributed by atoms with Gasteiger partial charge in [-0.15, -0.1) is 0 Å². The average Bonchev–Trinajstić information content (AvgIpc) is 3.23. The molecule has 144 valence electrons. The van der Waals surface area contributed by atoms with Crippen LogP contribution < -0.4 is 10.1 Å². The molecule has 27 heavy (non-hydrogen) atoms. The van der Waals surface area contributed by atoms with Crippen LogP contribution in [-0.2, 0) is 16.1 Å². The number of nitrogens with one attached hydrogen (secondary N) is 1. The van der Waals surface area contributed by atoms with Crippen LogP contribution in [0, 0.1) is 13.8 Å². The van der Waals surface area contributed by atoms with E-state index in [1.807, 2.05) is 32.0 Å². The number of benzene rings is 1. The third-order valence-corrected chi connectivity index (χ3v) is 4.56. The lowest BCUT2D eigenvalue weighted by atomic mass is 9.94. The van der Waals surface area contributed by atoms with Crippen LogP contribution in [0.5, 0.6) is 5.75 Å². The summed E-state index contributed by atoms with van der Waals surface area (Å²) < 4.78 is 16.6. The second-order valence-corrected chi connectivity index (χ2v) is 6.93. The number of furan rings is 1. The number of amides is 1. The number of hydrogen-bond acceptors (Lipinski definition) is 5. The van der Waals surface area contributed by atoms with E-state index in [9.17, 15) is 9.59 Å². The van der Waals surface area contributed by atoms with Crippen molar-refractivity contribution < 1.29 is 28.6 Å². The molecular formula is C20H23NO6. The number of hydrogen-bond donors (Lipinski definition) is 2. The molecule has 1 atom stereocenters. The SMILES string of the molecule is Cc1ccc(OCc2ccc(C(=O)NC3(CC(=O)O)CCOC3)o2)c(C)c1. The fraction of sp³-hybridized carbons (Fsp3) is 0.400. The number of carboxylic acid groups (broad SMARTS) is 1. The highest BCUT2D eigenvalue weighted by molar-refractivity contribution is 5.92. The van der Waals surface area contributed by atoms with Gasteiger partial charge in [-0.3, -0.25) is 9.59 Å². The molecule has 0 radical (unpaired) electrons. The molecule has 2 heterocycles. The van der Waals surface area contributed by atoms with Crippen molar-refractivity contribution in [1.29, 1.82) is 0 Å². The van der Waals surface area contributed by atoms with E-state index in [1.165, 1.54) is 0 Å². The van der Waals surface area contributed by atoms with E-state index in [-0.39, 0.29) is 25.4 Å². The number of carboxylic acids is 1. The summed E-state index contributed by atoms with van der Waals surface area (Å²) in [5.74, 6) is -0.0604. The zero-order valence-corrected chi connectivity index (χ0v) is 15.4. The zero-order valence-electron chi connectivity index (χ0n) is 15.4. The Bertz CT molecular complexity index is 835. The molecule has 7 heteroatoms. The Balaban J connectivity index is 1.62. The third-order valence-electron chi connectivity index (χ3n) is 4.56. The van der Waals surface area contributed by atoms with Gasteiger partial charge in [-0.05, 0) is 44.0 Å². The summed E-state index contributed by atoms with van der Waals surface area (Å²) in [6.07, 6.45) is 0.260. The molecule has 1 aromatic carbocycles. The van der Waals surface area contributed by atoms with Gasteiger partial charge in [0.1, 0.15) is 18.1 Å². The molecule has 1 aliphatic rings. The van der Waals surface area contributed by atoms with Crippen LogP contribution in [0.15, 0.2) is 34.7 Å². The standard InChI is InChI=1S/C20H23NO6/c1-13-3-5-16(14(2)9-13)26-11-15-4-6-17(27-15)19(24)21-20(10-18(22)23)7-8-25-12-20/h3-6,9H,7-8,10-12H2,1-2H3,(H,21,24)(H,22,23). The quantitative estimate of drug-likeness (QED) is 0.774. The van der Waals surface area contributed by atoms with E-state index < -0.39 is 17.4 Å². The molecule has 0 spiro atoms. The maximum Gasteiger partial charge on any atom is 0.305 e. The lowest BCUT2D eigenvalue weighted by Crippen LogP contribution is -2.50. The number of aliphatic carboxylic acids is 1. The zero-order chi connectivity index (χ0) is 19.4. The number of carbonyl (C=O) groups is 2. The fourth-order valence-electron chi connectivity index (χ4n) is 3.17. The van der Waals surface area contributed by atoms with Crippen molar-refractivity contribution in [3.63, 3.8) is 0 Å². The fourth-order valence-corrected chi connectivity index (χ4v) is 3.17. The predicted octanol–water partition coefficient (Wildman–Crippen LogP) is 2.84. The van der Waals surface area contributed by atoms with Gasteiger partial charge in [-0.2, -0.15) is 0 Å². The molecule has 1 amide bonds. The molecule has 1 aromatic heterocycles.